The summed E-state index contributed by atoms with van der Waals surface area (Å²) in [6.45, 7) is 3.45. The van der Waals surface area contributed by atoms with Gasteiger partial charge in [-0.25, -0.2) is 4.98 Å². The van der Waals surface area contributed by atoms with Gasteiger partial charge < -0.3 is 9.64 Å². The van der Waals surface area contributed by atoms with Gasteiger partial charge in [-0.15, -0.1) is 11.3 Å². The highest BCUT2D eigenvalue weighted by molar-refractivity contribution is 7.13. The Hall–Kier alpha value is -2.94. The molecular weight excluding hydrogens is 460 g/mol. The second-order valence-electron chi connectivity index (χ2n) is 8.05. The number of rotatable bonds is 5. The van der Waals surface area contributed by atoms with Gasteiger partial charge in [-0.2, -0.15) is 0 Å². The number of nitrogens with zero attached hydrogens (tertiary/aromatic N) is 4. The number of thiazole rings is 1. The van der Waals surface area contributed by atoms with Crippen LogP contribution in [0.2, 0.25) is 5.02 Å². The lowest BCUT2D eigenvalue weighted by molar-refractivity contribution is -0.133. The number of hydrogen-bond acceptors (Lipinski definition) is 6. The van der Waals surface area contributed by atoms with E-state index in [1.165, 1.54) is 4.90 Å². The molecule has 7 nitrogen and oxygen atoms in total. The number of fused-ring (bicyclic) bond motifs is 1. The van der Waals surface area contributed by atoms with Crippen LogP contribution in [0.3, 0.4) is 0 Å². The molecule has 2 aromatic carbocycles. The van der Waals surface area contributed by atoms with Crippen molar-refractivity contribution >= 4 is 40.4 Å². The zero-order chi connectivity index (χ0) is 22.8. The third-order valence-corrected chi connectivity index (χ3v) is 7.02. The molecule has 2 aliphatic rings. The van der Waals surface area contributed by atoms with Gasteiger partial charge in [0.15, 0.2) is 6.61 Å². The SMILES string of the molecule is O=C(CN1C(=O)COc2ccc(Cl)cc21)N1CCN(Cc2csc(-c3ccccc3)n2)CC1. The molecule has 9 heteroatoms. The summed E-state index contributed by atoms with van der Waals surface area (Å²) in [6, 6.07) is 15.3. The van der Waals surface area contributed by atoms with E-state index in [4.69, 9.17) is 21.3 Å². The van der Waals surface area contributed by atoms with Crippen LogP contribution in [0.5, 0.6) is 5.75 Å². The van der Waals surface area contributed by atoms with Crippen LogP contribution in [0, 0.1) is 0 Å². The molecule has 2 amide bonds. The van der Waals surface area contributed by atoms with Crippen LogP contribution in [0.1, 0.15) is 5.69 Å². The molecule has 1 fully saturated rings. The molecule has 0 unspecified atom stereocenters. The minimum Gasteiger partial charge on any atom is -0.482 e. The van der Waals surface area contributed by atoms with Gasteiger partial charge in [-0.1, -0.05) is 41.9 Å². The molecule has 0 aliphatic carbocycles. The van der Waals surface area contributed by atoms with E-state index in [-0.39, 0.29) is 25.0 Å². The van der Waals surface area contributed by atoms with Crippen molar-refractivity contribution in [3.05, 3.63) is 64.6 Å². The zero-order valence-corrected chi connectivity index (χ0v) is 19.5. The van der Waals surface area contributed by atoms with E-state index in [1.54, 1.807) is 29.5 Å². The number of aromatic nitrogens is 1. The Kier molecular flexibility index (Phi) is 6.30. The molecule has 0 saturated carbocycles. The molecule has 170 valence electrons. The normalized spacial score (nSPS) is 16.5. The van der Waals surface area contributed by atoms with E-state index in [9.17, 15) is 9.59 Å². The van der Waals surface area contributed by atoms with Gasteiger partial charge in [0.05, 0.1) is 11.4 Å². The molecule has 0 N–H and O–H groups in total. The summed E-state index contributed by atoms with van der Waals surface area (Å²) >= 11 is 7.75. The quantitative estimate of drug-likeness (QED) is 0.556. The fourth-order valence-corrected chi connectivity index (χ4v) is 5.04. The van der Waals surface area contributed by atoms with E-state index in [2.05, 4.69) is 22.4 Å². The van der Waals surface area contributed by atoms with Crippen molar-refractivity contribution in [1.82, 2.24) is 14.8 Å². The van der Waals surface area contributed by atoms with Crippen LogP contribution in [0.4, 0.5) is 5.69 Å². The molecule has 0 atom stereocenters. The van der Waals surface area contributed by atoms with Crippen molar-refractivity contribution in [2.45, 2.75) is 6.54 Å². The lowest BCUT2D eigenvalue weighted by Gasteiger charge is -2.36. The number of carbonyl (C=O) groups is 2. The fraction of sp³-hybridized carbons (Fsp3) is 0.292. The molecule has 5 rings (SSSR count). The first-order valence-electron chi connectivity index (χ1n) is 10.8. The smallest absolute Gasteiger partial charge is 0.265 e. The molecule has 3 aromatic rings. The Labute approximate surface area is 201 Å². The van der Waals surface area contributed by atoms with Crippen LogP contribution in [0.25, 0.3) is 10.6 Å². The minimum absolute atomic E-state index is 0.0118. The Morgan fingerprint density at radius 3 is 2.67 bits per heavy atom. The van der Waals surface area contributed by atoms with Gasteiger partial charge in [-0.3, -0.25) is 19.4 Å². The maximum atomic E-state index is 13.0. The third-order valence-electron chi connectivity index (χ3n) is 5.84. The molecule has 1 aromatic heterocycles. The molecule has 2 aliphatic heterocycles. The summed E-state index contributed by atoms with van der Waals surface area (Å²) in [7, 11) is 0. The first-order chi connectivity index (χ1) is 16.1. The second kappa shape index (κ2) is 9.51. The highest BCUT2D eigenvalue weighted by atomic mass is 35.5. The average molecular weight is 483 g/mol. The molecular formula is C24H23ClN4O3S. The summed E-state index contributed by atoms with van der Waals surface area (Å²) in [4.78, 5) is 35.8. The Bertz CT molecular complexity index is 1160. The molecule has 3 heterocycles. The predicted octanol–water partition coefficient (Wildman–Crippen LogP) is 3.53. The van der Waals surface area contributed by atoms with Crippen LogP contribution < -0.4 is 9.64 Å². The average Bonchev–Trinajstić information content (AvgIpc) is 3.30. The number of benzene rings is 2. The Morgan fingerprint density at radius 2 is 1.88 bits per heavy atom. The number of anilines is 1. The summed E-state index contributed by atoms with van der Waals surface area (Å²) in [5.41, 5.74) is 2.72. The molecule has 0 radical (unpaired) electrons. The van der Waals surface area contributed by atoms with Crippen molar-refractivity contribution in [3.63, 3.8) is 0 Å². The molecule has 0 spiro atoms. The van der Waals surface area contributed by atoms with Crippen molar-refractivity contribution in [1.29, 1.82) is 0 Å². The van der Waals surface area contributed by atoms with E-state index in [1.807, 2.05) is 23.1 Å². The third kappa shape index (κ3) is 4.88. The highest BCUT2D eigenvalue weighted by Gasteiger charge is 2.30. The van der Waals surface area contributed by atoms with Crippen LogP contribution in [-0.2, 0) is 16.1 Å². The fourth-order valence-electron chi connectivity index (χ4n) is 4.06. The van der Waals surface area contributed by atoms with Gasteiger partial charge in [0.2, 0.25) is 5.91 Å². The van der Waals surface area contributed by atoms with E-state index < -0.39 is 0 Å². The van der Waals surface area contributed by atoms with Crippen molar-refractivity contribution < 1.29 is 14.3 Å². The van der Waals surface area contributed by atoms with E-state index >= 15 is 0 Å². The van der Waals surface area contributed by atoms with E-state index in [0.29, 0.717) is 29.5 Å². The zero-order valence-electron chi connectivity index (χ0n) is 17.9. The van der Waals surface area contributed by atoms with Gasteiger partial charge in [0.1, 0.15) is 17.3 Å². The van der Waals surface area contributed by atoms with Crippen LogP contribution in [-0.4, -0.2) is 65.9 Å². The molecule has 33 heavy (non-hydrogen) atoms. The molecule has 0 bridgehead atoms. The van der Waals surface area contributed by atoms with Crippen LogP contribution >= 0.6 is 22.9 Å². The van der Waals surface area contributed by atoms with E-state index in [0.717, 1.165) is 35.9 Å². The summed E-state index contributed by atoms with van der Waals surface area (Å²) in [6.07, 6.45) is 0. The Morgan fingerprint density at radius 1 is 1.09 bits per heavy atom. The van der Waals surface area contributed by atoms with Gasteiger partial charge in [0.25, 0.3) is 5.91 Å². The first kappa shape index (κ1) is 21.9. The maximum absolute atomic E-state index is 13.0. The lowest BCUT2D eigenvalue weighted by atomic mass is 10.2. The van der Waals surface area contributed by atoms with Crippen molar-refractivity contribution in [2.24, 2.45) is 0 Å². The highest BCUT2D eigenvalue weighted by Crippen LogP contribution is 2.34. The minimum atomic E-state index is -0.241. The number of piperazine rings is 1. The topological polar surface area (TPSA) is 66.0 Å². The van der Waals surface area contributed by atoms with Crippen molar-refractivity contribution in [3.8, 4) is 16.3 Å². The first-order valence-corrected chi connectivity index (χ1v) is 12.1. The number of ether oxygens (including phenoxy) is 1. The maximum Gasteiger partial charge on any atom is 0.265 e. The standard InChI is InChI=1S/C24H23ClN4O3S/c25-18-6-7-21-20(12-18)29(23(31)15-32-21)14-22(30)28-10-8-27(9-11-28)13-19-16-33-24(26-19)17-4-2-1-3-5-17/h1-7,12,16H,8-11,13-15H2. The van der Waals surface area contributed by atoms with Gasteiger partial charge in [-0.05, 0) is 18.2 Å². The number of halogens is 1. The second-order valence-corrected chi connectivity index (χ2v) is 9.34. The number of hydrogen-bond donors (Lipinski definition) is 0. The largest absolute Gasteiger partial charge is 0.482 e. The lowest BCUT2D eigenvalue weighted by Crippen LogP contribution is -2.52. The van der Waals surface area contributed by atoms with Crippen molar-refractivity contribution in [2.75, 3.05) is 44.2 Å². The summed E-state index contributed by atoms with van der Waals surface area (Å²) < 4.78 is 5.46. The van der Waals surface area contributed by atoms with Gasteiger partial charge in [0, 0.05) is 48.7 Å². The summed E-state index contributed by atoms with van der Waals surface area (Å²) in [5.74, 6) is 0.250. The monoisotopic (exact) mass is 482 g/mol. The van der Waals surface area contributed by atoms with Crippen LogP contribution in [0.15, 0.2) is 53.9 Å². The van der Waals surface area contributed by atoms with Gasteiger partial charge >= 0.3 is 0 Å². The molecule has 1 saturated heterocycles. The Balaban J connectivity index is 1.17. The summed E-state index contributed by atoms with van der Waals surface area (Å²) in [5, 5.41) is 3.62. The number of carbonyl (C=O) groups excluding carboxylic acids is 2. The number of amides is 2. The predicted molar refractivity (Wildman–Crippen MR) is 129 cm³/mol.